The molecular weight excluding hydrogens is 773 g/mol. The molecule has 0 aliphatic rings. The summed E-state index contributed by atoms with van der Waals surface area (Å²) in [6.45, 7) is 6.64. The summed E-state index contributed by atoms with van der Waals surface area (Å²) in [5.41, 5.74) is 12.8. The van der Waals surface area contributed by atoms with Crippen LogP contribution in [0.4, 0.5) is 0 Å². The van der Waals surface area contributed by atoms with E-state index in [4.69, 9.17) is 19.9 Å². The van der Waals surface area contributed by atoms with Gasteiger partial charge in [0.15, 0.2) is 17.5 Å². The molecule has 62 heavy (non-hydrogen) atoms. The van der Waals surface area contributed by atoms with Crippen LogP contribution in [0.2, 0.25) is 0 Å². The van der Waals surface area contributed by atoms with Crippen molar-refractivity contribution < 1.29 is 0 Å². The summed E-state index contributed by atoms with van der Waals surface area (Å²) in [4.78, 5) is 20.5. The van der Waals surface area contributed by atoms with Crippen molar-refractivity contribution in [1.82, 2.24) is 15.0 Å². The second-order valence-electron chi connectivity index (χ2n) is 15.2. The van der Waals surface area contributed by atoms with Gasteiger partial charge in [0.05, 0.1) is 5.70 Å². The van der Waals surface area contributed by atoms with E-state index in [1.807, 2.05) is 65.9 Å². The van der Waals surface area contributed by atoms with E-state index in [1.54, 1.807) is 0 Å². The lowest BCUT2D eigenvalue weighted by atomic mass is 9.98. The van der Waals surface area contributed by atoms with Crippen molar-refractivity contribution in [2.45, 2.75) is 6.92 Å². The summed E-state index contributed by atoms with van der Waals surface area (Å²) in [5, 5.41) is 2.55. The quantitative estimate of drug-likeness (QED) is 0.102. The lowest BCUT2D eigenvalue weighted by Crippen LogP contribution is -2.00. The van der Waals surface area contributed by atoms with Crippen LogP contribution >= 0.6 is 11.3 Å². The van der Waals surface area contributed by atoms with Gasteiger partial charge in [-0.05, 0) is 82.3 Å². The molecule has 8 aromatic carbocycles. The number of nitrogens with zero attached hydrogens (tertiary/aromatic N) is 4. The maximum absolute atomic E-state index is 5.27. The molecule has 4 nitrogen and oxygen atoms in total. The summed E-state index contributed by atoms with van der Waals surface area (Å²) >= 11 is 1.81. The Balaban J connectivity index is 1.04. The molecule has 0 aliphatic heterocycles. The second kappa shape index (κ2) is 17.0. The van der Waals surface area contributed by atoms with Crippen LogP contribution in [-0.4, -0.2) is 20.7 Å². The van der Waals surface area contributed by atoms with Crippen molar-refractivity contribution in [3.8, 4) is 56.4 Å². The Hall–Kier alpha value is -7.86. The lowest BCUT2D eigenvalue weighted by molar-refractivity contribution is 1.07. The summed E-state index contributed by atoms with van der Waals surface area (Å²) in [7, 11) is 0. The molecule has 0 fully saturated rings. The van der Waals surface area contributed by atoms with Crippen LogP contribution in [0.15, 0.2) is 224 Å². The molecule has 2 aromatic heterocycles. The van der Waals surface area contributed by atoms with Crippen LogP contribution < -0.4 is 0 Å². The Labute approximate surface area is 365 Å². The van der Waals surface area contributed by atoms with E-state index in [0.29, 0.717) is 17.5 Å². The maximum Gasteiger partial charge on any atom is 0.164 e. The number of aliphatic imine (C=N–C) groups is 1. The number of aromatic nitrogens is 3. The molecule has 0 atom stereocenters. The number of allylic oxidation sites excluding steroid dienone is 2. The number of fused-ring (bicyclic) bond motifs is 3. The van der Waals surface area contributed by atoms with Gasteiger partial charge in [-0.2, -0.15) is 0 Å². The van der Waals surface area contributed by atoms with Crippen molar-refractivity contribution in [3.63, 3.8) is 0 Å². The predicted octanol–water partition coefficient (Wildman–Crippen LogP) is 15.1. The first-order valence-electron chi connectivity index (χ1n) is 20.6. The molecule has 2 heterocycles. The molecule has 0 radical (unpaired) electrons. The predicted molar refractivity (Wildman–Crippen MR) is 262 cm³/mol. The normalized spacial score (nSPS) is 11.9. The molecule has 0 saturated heterocycles. The number of benzene rings is 8. The molecule has 0 saturated carbocycles. The van der Waals surface area contributed by atoms with Gasteiger partial charge >= 0.3 is 0 Å². The lowest BCUT2D eigenvalue weighted by Gasteiger charge is -2.12. The summed E-state index contributed by atoms with van der Waals surface area (Å²) < 4.78 is 2.53. The van der Waals surface area contributed by atoms with Crippen LogP contribution in [0.1, 0.15) is 23.6 Å². The molecule has 0 N–H and O–H groups in total. The Morgan fingerprint density at radius 3 is 1.58 bits per heavy atom. The molecular formula is C57H40N4S. The monoisotopic (exact) mass is 812 g/mol. The summed E-state index contributed by atoms with van der Waals surface area (Å²) in [6, 6.07) is 71.4. The fourth-order valence-electron chi connectivity index (χ4n) is 7.79. The van der Waals surface area contributed by atoms with E-state index < -0.39 is 0 Å². The Morgan fingerprint density at radius 1 is 0.419 bits per heavy atom. The minimum absolute atomic E-state index is 0.604. The SMILES string of the molecule is C=C(/C=C(\N=C(C)c1ccccc1)c1cccc(-c2cccc(-c3nc(-c4ccccc4)nc(-c4cccc(-c5ccccc5)c4)n3)c2)c1)c1ccc2c(c1)sc1ccccc12. The molecule has 0 aliphatic carbocycles. The largest absolute Gasteiger partial charge is 0.252 e. The smallest absolute Gasteiger partial charge is 0.164 e. The molecule has 294 valence electrons. The first-order chi connectivity index (χ1) is 30.5. The highest BCUT2D eigenvalue weighted by Crippen LogP contribution is 2.37. The van der Waals surface area contributed by atoms with Crippen LogP contribution in [0.3, 0.4) is 0 Å². The van der Waals surface area contributed by atoms with Gasteiger partial charge in [0.1, 0.15) is 0 Å². The van der Waals surface area contributed by atoms with Crippen LogP contribution in [0, 0.1) is 0 Å². The zero-order valence-electron chi connectivity index (χ0n) is 34.1. The molecule has 0 spiro atoms. The average Bonchev–Trinajstić information content (AvgIpc) is 3.72. The third kappa shape index (κ3) is 8.05. The fourth-order valence-corrected chi connectivity index (χ4v) is 8.94. The van der Waals surface area contributed by atoms with Gasteiger partial charge in [-0.25, -0.2) is 15.0 Å². The molecule has 0 unspecified atom stereocenters. The molecule has 10 rings (SSSR count). The number of hydrogen-bond donors (Lipinski definition) is 0. The minimum Gasteiger partial charge on any atom is -0.252 e. The number of thiophene rings is 1. The van der Waals surface area contributed by atoms with Gasteiger partial charge in [0, 0.05) is 48.1 Å². The highest BCUT2D eigenvalue weighted by molar-refractivity contribution is 7.25. The molecule has 10 aromatic rings. The van der Waals surface area contributed by atoms with Gasteiger partial charge in [-0.3, -0.25) is 4.99 Å². The van der Waals surface area contributed by atoms with Gasteiger partial charge in [0.2, 0.25) is 0 Å². The van der Waals surface area contributed by atoms with E-state index in [1.165, 1.54) is 20.2 Å². The van der Waals surface area contributed by atoms with E-state index in [2.05, 4.69) is 171 Å². The zero-order valence-corrected chi connectivity index (χ0v) is 34.9. The van der Waals surface area contributed by atoms with Crippen molar-refractivity contribution in [1.29, 1.82) is 0 Å². The molecule has 5 heteroatoms. The molecule has 0 amide bonds. The van der Waals surface area contributed by atoms with E-state index in [9.17, 15) is 0 Å². The Kier molecular flexibility index (Phi) is 10.5. The van der Waals surface area contributed by atoms with Crippen LogP contribution in [0.5, 0.6) is 0 Å². The third-order valence-electron chi connectivity index (χ3n) is 11.0. The summed E-state index contributed by atoms with van der Waals surface area (Å²) in [5.74, 6) is 1.84. The van der Waals surface area contributed by atoms with Crippen molar-refractivity contribution in [3.05, 3.63) is 236 Å². The van der Waals surface area contributed by atoms with Crippen molar-refractivity contribution >= 4 is 48.5 Å². The van der Waals surface area contributed by atoms with Crippen LogP contribution in [-0.2, 0) is 0 Å². The topological polar surface area (TPSA) is 51.0 Å². The summed E-state index contributed by atoms with van der Waals surface area (Å²) in [6.07, 6.45) is 2.11. The average molecular weight is 813 g/mol. The number of hydrogen-bond acceptors (Lipinski definition) is 5. The van der Waals surface area contributed by atoms with Crippen molar-refractivity contribution in [2.24, 2.45) is 4.99 Å². The zero-order chi connectivity index (χ0) is 41.8. The maximum atomic E-state index is 5.27. The molecule has 0 bridgehead atoms. The first kappa shape index (κ1) is 38.3. The van der Waals surface area contributed by atoms with Gasteiger partial charge in [-0.1, -0.05) is 183 Å². The standard InChI is InChI=1S/C57H40N4S/c1-38(43-31-32-51-50-29-12-13-30-53(50)62-54(51)37-43)33-52(58-39(2)40-17-6-3-7-18-40)47-26-14-24-45(34-47)46-25-16-28-49(36-46)57-60-55(42-21-10-5-11-22-42)59-56(61-57)48-27-15-23-44(35-48)41-19-8-4-9-20-41/h3-37H,1H2,2H3/b52-33-,58-39?. The Morgan fingerprint density at radius 2 is 0.903 bits per heavy atom. The highest BCUT2D eigenvalue weighted by Gasteiger charge is 2.15. The van der Waals surface area contributed by atoms with Gasteiger partial charge < -0.3 is 0 Å². The van der Waals surface area contributed by atoms with E-state index >= 15 is 0 Å². The van der Waals surface area contributed by atoms with Gasteiger partial charge in [0.25, 0.3) is 0 Å². The number of rotatable bonds is 10. The fraction of sp³-hybridized carbons (Fsp3) is 0.0175. The van der Waals surface area contributed by atoms with E-state index in [-0.39, 0.29) is 0 Å². The van der Waals surface area contributed by atoms with Gasteiger partial charge in [-0.15, -0.1) is 11.3 Å². The first-order valence-corrected chi connectivity index (χ1v) is 21.5. The highest BCUT2D eigenvalue weighted by atomic mass is 32.1. The Bertz CT molecular complexity index is 3310. The third-order valence-corrected chi connectivity index (χ3v) is 12.2. The van der Waals surface area contributed by atoms with Crippen LogP contribution in [0.25, 0.3) is 87.9 Å². The second-order valence-corrected chi connectivity index (χ2v) is 16.3. The van der Waals surface area contributed by atoms with Crippen molar-refractivity contribution in [2.75, 3.05) is 0 Å². The minimum atomic E-state index is 0.604. The van der Waals surface area contributed by atoms with E-state index in [0.717, 1.165) is 72.6 Å².